The fourth-order valence-corrected chi connectivity index (χ4v) is 1.81. The molecule has 0 bridgehead atoms. The molecular weight excluding hydrogens is 242 g/mol. The van der Waals surface area contributed by atoms with Crippen LogP contribution in [-0.4, -0.2) is 22.5 Å². The third kappa shape index (κ3) is 3.44. The molecule has 0 aliphatic heterocycles. The quantitative estimate of drug-likeness (QED) is 0.816. The number of benzene rings is 1. The summed E-state index contributed by atoms with van der Waals surface area (Å²) in [7, 11) is 0. The molecule has 1 aromatic carbocycles. The highest BCUT2D eigenvalue weighted by Crippen LogP contribution is 2.34. The van der Waals surface area contributed by atoms with E-state index in [1.807, 2.05) is 19.9 Å². The van der Waals surface area contributed by atoms with E-state index >= 15 is 0 Å². The average Bonchev–Trinajstić information content (AvgIpc) is 3.05. The fourth-order valence-electron chi connectivity index (χ4n) is 1.81. The Kier molecular flexibility index (Phi) is 3.42. The number of nitrogens with one attached hydrogen (secondary N) is 1. The zero-order valence-corrected chi connectivity index (χ0v) is 11.1. The second-order valence-electron chi connectivity index (χ2n) is 5.26. The van der Waals surface area contributed by atoms with Crippen molar-refractivity contribution < 1.29 is 14.7 Å². The van der Waals surface area contributed by atoms with E-state index in [0.29, 0.717) is 11.1 Å². The van der Waals surface area contributed by atoms with Gasteiger partial charge in [0, 0.05) is 17.2 Å². The summed E-state index contributed by atoms with van der Waals surface area (Å²) in [6.45, 7) is 3.89. The first-order valence-electron chi connectivity index (χ1n) is 6.24. The maximum Gasteiger partial charge on any atom is 0.328 e. The molecule has 0 unspecified atom stereocenters. The lowest BCUT2D eigenvalue weighted by atomic mass is 10.0. The minimum atomic E-state index is -1.00. The van der Waals surface area contributed by atoms with Gasteiger partial charge in [0.1, 0.15) is 0 Å². The normalized spacial score (nSPS) is 16.3. The summed E-state index contributed by atoms with van der Waals surface area (Å²) < 4.78 is 0. The highest BCUT2D eigenvalue weighted by molar-refractivity contribution is 5.97. The molecule has 1 aliphatic carbocycles. The Morgan fingerprint density at radius 1 is 1.37 bits per heavy atom. The standard InChI is InChI=1S/C15H17NO3/c1-10-3-4-11(5-6-13(17)18)9-12(10)14(19)16-15(2)7-8-15/h3-6,9H,7-8H2,1-2H3,(H,16,19)(H,17,18)/b6-5+. The Labute approximate surface area is 112 Å². The predicted molar refractivity (Wildman–Crippen MR) is 73.0 cm³/mol. The first-order chi connectivity index (χ1) is 8.89. The van der Waals surface area contributed by atoms with Gasteiger partial charge in [-0.3, -0.25) is 4.79 Å². The minimum Gasteiger partial charge on any atom is -0.478 e. The zero-order chi connectivity index (χ0) is 14.0. The number of amides is 1. The fraction of sp³-hybridized carbons (Fsp3) is 0.333. The first-order valence-corrected chi connectivity index (χ1v) is 6.24. The molecule has 1 aliphatic rings. The summed E-state index contributed by atoms with van der Waals surface area (Å²) in [6.07, 6.45) is 4.57. The van der Waals surface area contributed by atoms with Gasteiger partial charge in [0.25, 0.3) is 5.91 Å². The molecule has 0 atom stereocenters. The van der Waals surface area contributed by atoms with Gasteiger partial charge >= 0.3 is 5.97 Å². The van der Waals surface area contributed by atoms with Gasteiger partial charge in [-0.2, -0.15) is 0 Å². The Morgan fingerprint density at radius 3 is 2.63 bits per heavy atom. The highest BCUT2D eigenvalue weighted by Gasteiger charge is 2.38. The van der Waals surface area contributed by atoms with Crippen LogP contribution in [0.3, 0.4) is 0 Å². The predicted octanol–water partition coefficient (Wildman–Crippen LogP) is 2.38. The second-order valence-corrected chi connectivity index (χ2v) is 5.26. The Balaban J connectivity index is 2.21. The van der Waals surface area contributed by atoms with Gasteiger partial charge in [-0.1, -0.05) is 12.1 Å². The molecule has 2 N–H and O–H groups in total. The molecule has 4 nitrogen and oxygen atoms in total. The first kappa shape index (κ1) is 13.3. The monoisotopic (exact) mass is 259 g/mol. The molecule has 4 heteroatoms. The van der Waals surface area contributed by atoms with Crippen molar-refractivity contribution in [3.05, 3.63) is 41.0 Å². The second kappa shape index (κ2) is 4.88. The van der Waals surface area contributed by atoms with Gasteiger partial charge in [-0.25, -0.2) is 4.79 Å². The van der Waals surface area contributed by atoms with Crippen LogP contribution in [0.1, 0.15) is 41.3 Å². The molecule has 19 heavy (non-hydrogen) atoms. The highest BCUT2D eigenvalue weighted by atomic mass is 16.4. The van der Waals surface area contributed by atoms with Crippen molar-refractivity contribution in [2.75, 3.05) is 0 Å². The van der Waals surface area contributed by atoms with Crippen molar-refractivity contribution >= 4 is 18.0 Å². The molecule has 0 aromatic heterocycles. The van der Waals surface area contributed by atoms with Crippen LogP contribution < -0.4 is 5.32 Å². The summed E-state index contributed by atoms with van der Waals surface area (Å²) in [5.74, 6) is -1.10. The number of aryl methyl sites for hydroxylation is 1. The lowest BCUT2D eigenvalue weighted by Crippen LogP contribution is -2.34. The molecule has 1 aromatic rings. The van der Waals surface area contributed by atoms with E-state index in [1.165, 1.54) is 6.08 Å². The molecule has 2 rings (SSSR count). The van der Waals surface area contributed by atoms with Crippen LogP contribution in [0.5, 0.6) is 0 Å². The Morgan fingerprint density at radius 2 is 2.05 bits per heavy atom. The zero-order valence-electron chi connectivity index (χ0n) is 11.1. The number of carbonyl (C=O) groups is 2. The van der Waals surface area contributed by atoms with Gasteiger partial charge in [0.2, 0.25) is 0 Å². The van der Waals surface area contributed by atoms with Gasteiger partial charge in [0.05, 0.1) is 0 Å². The number of carboxylic acid groups (broad SMARTS) is 1. The third-order valence-electron chi connectivity index (χ3n) is 3.34. The number of hydrogen-bond donors (Lipinski definition) is 2. The number of hydrogen-bond acceptors (Lipinski definition) is 2. The van der Waals surface area contributed by atoms with Crippen LogP contribution in [0.15, 0.2) is 24.3 Å². The average molecular weight is 259 g/mol. The van der Waals surface area contributed by atoms with Crippen molar-refractivity contribution in [2.24, 2.45) is 0 Å². The maximum absolute atomic E-state index is 12.2. The number of rotatable bonds is 4. The van der Waals surface area contributed by atoms with E-state index < -0.39 is 5.97 Å². The van der Waals surface area contributed by atoms with Crippen LogP contribution in [0.4, 0.5) is 0 Å². The van der Waals surface area contributed by atoms with Crippen LogP contribution in [0.2, 0.25) is 0 Å². The van der Waals surface area contributed by atoms with Crippen molar-refractivity contribution in [3.8, 4) is 0 Å². The largest absolute Gasteiger partial charge is 0.478 e. The van der Waals surface area contributed by atoms with Crippen molar-refractivity contribution in [1.82, 2.24) is 5.32 Å². The van der Waals surface area contributed by atoms with Gasteiger partial charge < -0.3 is 10.4 Å². The SMILES string of the molecule is Cc1ccc(/C=C/C(=O)O)cc1C(=O)NC1(C)CC1. The number of aliphatic carboxylic acids is 1. The van der Waals surface area contributed by atoms with E-state index in [-0.39, 0.29) is 11.4 Å². The van der Waals surface area contributed by atoms with E-state index in [4.69, 9.17) is 5.11 Å². The van der Waals surface area contributed by atoms with Gasteiger partial charge in [-0.15, -0.1) is 0 Å². The summed E-state index contributed by atoms with van der Waals surface area (Å²) in [4.78, 5) is 22.6. The van der Waals surface area contributed by atoms with Crippen LogP contribution in [-0.2, 0) is 4.79 Å². The van der Waals surface area contributed by atoms with Crippen molar-refractivity contribution in [1.29, 1.82) is 0 Å². The van der Waals surface area contributed by atoms with E-state index in [9.17, 15) is 9.59 Å². The lowest BCUT2D eigenvalue weighted by molar-refractivity contribution is -0.131. The molecule has 0 radical (unpaired) electrons. The van der Waals surface area contributed by atoms with Crippen molar-refractivity contribution in [2.45, 2.75) is 32.2 Å². The Bertz CT molecular complexity index is 557. The van der Waals surface area contributed by atoms with Crippen LogP contribution in [0.25, 0.3) is 6.08 Å². The van der Waals surface area contributed by atoms with Crippen molar-refractivity contribution in [3.63, 3.8) is 0 Å². The molecule has 1 amide bonds. The smallest absolute Gasteiger partial charge is 0.328 e. The molecular formula is C15H17NO3. The van der Waals surface area contributed by atoms with Crippen LogP contribution in [0, 0.1) is 6.92 Å². The lowest BCUT2D eigenvalue weighted by Gasteiger charge is -2.13. The maximum atomic E-state index is 12.2. The van der Waals surface area contributed by atoms with Crippen LogP contribution >= 0.6 is 0 Å². The molecule has 1 saturated carbocycles. The van der Waals surface area contributed by atoms with E-state index in [0.717, 1.165) is 24.5 Å². The number of carboxylic acids is 1. The summed E-state index contributed by atoms with van der Waals surface area (Å²) in [6, 6.07) is 5.34. The molecule has 0 saturated heterocycles. The van der Waals surface area contributed by atoms with E-state index in [1.54, 1.807) is 12.1 Å². The number of carbonyl (C=O) groups excluding carboxylic acids is 1. The van der Waals surface area contributed by atoms with Gasteiger partial charge in [0.15, 0.2) is 0 Å². The minimum absolute atomic E-state index is 0.0591. The molecule has 0 spiro atoms. The topological polar surface area (TPSA) is 66.4 Å². The summed E-state index contributed by atoms with van der Waals surface area (Å²) in [5.41, 5.74) is 2.13. The van der Waals surface area contributed by atoms with Gasteiger partial charge in [-0.05, 0) is 50.0 Å². The third-order valence-corrected chi connectivity index (χ3v) is 3.34. The molecule has 1 fully saturated rings. The van der Waals surface area contributed by atoms with E-state index in [2.05, 4.69) is 5.32 Å². The Hall–Kier alpha value is -2.10. The molecule has 0 heterocycles. The molecule has 100 valence electrons. The summed E-state index contributed by atoms with van der Waals surface area (Å²) >= 11 is 0. The summed E-state index contributed by atoms with van der Waals surface area (Å²) in [5, 5.41) is 11.6.